The van der Waals surface area contributed by atoms with Crippen LogP contribution in [0.5, 0.6) is 0 Å². The summed E-state index contributed by atoms with van der Waals surface area (Å²) < 4.78 is 0. The second-order valence-corrected chi connectivity index (χ2v) is 2.04. The molecule has 0 aromatic heterocycles. The third-order valence-electron chi connectivity index (χ3n) is 1.39. The zero-order valence-corrected chi connectivity index (χ0v) is 5.81. The summed E-state index contributed by atoms with van der Waals surface area (Å²) in [7, 11) is 1.86. The average molecular weight is 117 g/mol. The fourth-order valence-electron chi connectivity index (χ4n) is 0.786. The Labute approximate surface area is 50.9 Å². The summed E-state index contributed by atoms with van der Waals surface area (Å²) in [6.07, 6.45) is 0.749. The Hall–Kier alpha value is -0.0800. The van der Waals surface area contributed by atoms with Crippen molar-refractivity contribution in [3.05, 3.63) is 0 Å². The van der Waals surface area contributed by atoms with Crippen molar-refractivity contribution in [2.75, 3.05) is 7.05 Å². The topological polar surface area (TPSA) is 32.3 Å². The van der Waals surface area contributed by atoms with Crippen LogP contribution in [0.1, 0.15) is 20.3 Å². The Kier molecular flexibility index (Phi) is 3.83. The van der Waals surface area contributed by atoms with Crippen LogP contribution in [0.15, 0.2) is 0 Å². The first-order valence-corrected chi connectivity index (χ1v) is 3.07. The van der Waals surface area contributed by atoms with E-state index in [1.165, 1.54) is 0 Å². The molecule has 0 heterocycles. The van der Waals surface area contributed by atoms with Crippen LogP contribution in [0.2, 0.25) is 0 Å². The standard InChI is InChI=1S/C6H15NO/c1-4-6(7-3)5(2)8/h5-8H,4H2,1-3H3/t5-,6-/m0/s1. The van der Waals surface area contributed by atoms with Crippen LogP contribution in [0.3, 0.4) is 0 Å². The number of rotatable bonds is 3. The van der Waals surface area contributed by atoms with E-state index in [4.69, 9.17) is 5.11 Å². The molecule has 0 aromatic carbocycles. The minimum absolute atomic E-state index is 0.231. The van der Waals surface area contributed by atoms with E-state index in [0.29, 0.717) is 0 Å². The molecular weight excluding hydrogens is 102 g/mol. The minimum Gasteiger partial charge on any atom is -0.392 e. The van der Waals surface area contributed by atoms with Crippen molar-refractivity contribution < 1.29 is 5.11 Å². The number of aliphatic hydroxyl groups excluding tert-OH is 1. The Bertz CT molecular complexity index is 50.5. The summed E-state index contributed by atoms with van der Waals surface area (Å²) in [6.45, 7) is 3.85. The molecule has 2 nitrogen and oxygen atoms in total. The van der Waals surface area contributed by atoms with Crippen molar-refractivity contribution in [3.63, 3.8) is 0 Å². The molecule has 0 aliphatic heterocycles. The van der Waals surface area contributed by atoms with Crippen LogP contribution in [0.4, 0.5) is 0 Å². The molecule has 0 unspecified atom stereocenters. The summed E-state index contributed by atoms with van der Waals surface area (Å²) in [5.74, 6) is 0. The lowest BCUT2D eigenvalue weighted by atomic mass is 10.1. The summed E-state index contributed by atoms with van der Waals surface area (Å²) in [5, 5.41) is 12.0. The molecule has 0 rings (SSSR count). The third kappa shape index (κ3) is 2.28. The maximum absolute atomic E-state index is 8.95. The molecule has 0 spiro atoms. The maximum atomic E-state index is 8.95. The Morgan fingerprint density at radius 3 is 2.12 bits per heavy atom. The largest absolute Gasteiger partial charge is 0.392 e. The number of nitrogens with one attached hydrogen (secondary N) is 1. The number of likely N-dealkylation sites (N-methyl/N-ethyl adjacent to an activating group) is 1. The van der Waals surface area contributed by atoms with E-state index in [-0.39, 0.29) is 12.1 Å². The smallest absolute Gasteiger partial charge is 0.0664 e. The Morgan fingerprint density at radius 1 is 1.62 bits per heavy atom. The van der Waals surface area contributed by atoms with Gasteiger partial charge >= 0.3 is 0 Å². The van der Waals surface area contributed by atoms with Crippen molar-refractivity contribution in [3.8, 4) is 0 Å². The predicted octanol–water partition coefficient (Wildman–Crippen LogP) is 0.365. The van der Waals surface area contributed by atoms with E-state index < -0.39 is 0 Å². The van der Waals surface area contributed by atoms with Gasteiger partial charge in [-0.2, -0.15) is 0 Å². The highest BCUT2D eigenvalue weighted by Gasteiger charge is 2.07. The van der Waals surface area contributed by atoms with Gasteiger partial charge in [0.05, 0.1) is 6.10 Å². The molecule has 8 heavy (non-hydrogen) atoms. The molecule has 0 fully saturated rings. The summed E-state index contributed by atoms with van der Waals surface area (Å²) >= 11 is 0. The van der Waals surface area contributed by atoms with E-state index in [2.05, 4.69) is 5.32 Å². The molecule has 2 atom stereocenters. The van der Waals surface area contributed by atoms with Crippen molar-refractivity contribution in [2.45, 2.75) is 32.4 Å². The molecule has 0 aliphatic rings. The van der Waals surface area contributed by atoms with Crippen molar-refractivity contribution in [1.29, 1.82) is 0 Å². The zero-order valence-electron chi connectivity index (χ0n) is 5.81. The Balaban J connectivity index is 3.35. The highest BCUT2D eigenvalue weighted by Crippen LogP contribution is 1.94. The summed E-state index contributed by atoms with van der Waals surface area (Å²) in [6, 6.07) is 0.259. The van der Waals surface area contributed by atoms with Gasteiger partial charge in [0.1, 0.15) is 0 Å². The SMILES string of the molecule is CC[C@H](NC)[C@H](C)O. The molecular formula is C6H15NO. The molecule has 0 saturated carbocycles. The monoisotopic (exact) mass is 117 g/mol. The van der Waals surface area contributed by atoms with Gasteiger partial charge in [-0.05, 0) is 20.4 Å². The normalized spacial score (nSPS) is 18.0. The van der Waals surface area contributed by atoms with E-state index in [9.17, 15) is 0 Å². The molecule has 0 bridgehead atoms. The lowest BCUT2D eigenvalue weighted by Gasteiger charge is -2.15. The molecule has 2 heteroatoms. The molecule has 0 radical (unpaired) electrons. The van der Waals surface area contributed by atoms with Crippen molar-refractivity contribution in [1.82, 2.24) is 5.32 Å². The second kappa shape index (κ2) is 3.87. The first-order valence-electron chi connectivity index (χ1n) is 3.07. The highest BCUT2D eigenvalue weighted by atomic mass is 16.3. The fraction of sp³-hybridized carbons (Fsp3) is 1.00. The van der Waals surface area contributed by atoms with E-state index >= 15 is 0 Å². The first-order chi connectivity index (χ1) is 3.72. The van der Waals surface area contributed by atoms with Crippen LogP contribution < -0.4 is 5.32 Å². The van der Waals surface area contributed by atoms with Crippen LogP contribution in [0.25, 0.3) is 0 Å². The molecule has 0 aromatic rings. The molecule has 0 amide bonds. The Morgan fingerprint density at radius 2 is 2.12 bits per heavy atom. The van der Waals surface area contributed by atoms with Gasteiger partial charge in [-0.1, -0.05) is 6.92 Å². The predicted molar refractivity (Wildman–Crippen MR) is 34.8 cm³/mol. The van der Waals surface area contributed by atoms with E-state index in [0.717, 1.165) is 6.42 Å². The lowest BCUT2D eigenvalue weighted by molar-refractivity contribution is 0.147. The van der Waals surface area contributed by atoms with Gasteiger partial charge in [-0.3, -0.25) is 0 Å². The highest BCUT2D eigenvalue weighted by molar-refractivity contribution is 4.66. The average Bonchev–Trinajstić information content (AvgIpc) is 1.69. The molecule has 0 aliphatic carbocycles. The van der Waals surface area contributed by atoms with Gasteiger partial charge in [0.15, 0.2) is 0 Å². The van der Waals surface area contributed by atoms with E-state index in [1.54, 1.807) is 6.92 Å². The lowest BCUT2D eigenvalue weighted by Crippen LogP contribution is -2.34. The van der Waals surface area contributed by atoms with Crippen LogP contribution in [-0.2, 0) is 0 Å². The van der Waals surface area contributed by atoms with Crippen LogP contribution >= 0.6 is 0 Å². The quantitative estimate of drug-likeness (QED) is 0.559. The van der Waals surface area contributed by atoms with Gasteiger partial charge in [-0.25, -0.2) is 0 Å². The third-order valence-corrected chi connectivity index (χ3v) is 1.39. The molecule has 2 N–H and O–H groups in total. The van der Waals surface area contributed by atoms with Crippen LogP contribution in [0, 0.1) is 0 Å². The van der Waals surface area contributed by atoms with Gasteiger partial charge < -0.3 is 10.4 Å². The van der Waals surface area contributed by atoms with Gasteiger partial charge in [0.2, 0.25) is 0 Å². The van der Waals surface area contributed by atoms with Gasteiger partial charge in [0, 0.05) is 6.04 Å². The van der Waals surface area contributed by atoms with Crippen molar-refractivity contribution >= 4 is 0 Å². The maximum Gasteiger partial charge on any atom is 0.0664 e. The number of hydrogen-bond acceptors (Lipinski definition) is 2. The zero-order chi connectivity index (χ0) is 6.57. The summed E-state index contributed by atoms with van der Waals surface area (Å²) in [4.78, 5) is 0. The number of aliphatic hydroxyl groups is 1. The van der Waals surface area contributed by atoms with Gasteiger partial charge in [-0.15, -0.1) is 0 Å². The van der Waals surface area contributed by atoms with E-state index in [1.807, 2.05) is 14.0 Å². The molecule has 0 saturated heterocycles. The molecule has 50 valence electrons. The van der Waals surface area contributed by atoms with Crippen LogP contribution in [-0.4, -0.2) is 24.3 Å². The summed E-state index contributed by atoms with van der Waals surface area (Å²) in [5.41, 5.74) is 0. The minimum atomic E-state index is -0.231. The van der Waals surface area contributed by atoms with Crippen molar-refractivity contribution in [2.24, 2.45) is 0 Å². The first kappa shape index (κ1) is 7.92. The number of hydrogen-bond donors (Lipinski definition) is 2. The second-order valence-electron chi connectivity index (χ2n) is 2.04. The fourth-order valence-corrected chi connectivity index (χ4v) is 0.786. The van der Waals surface area contributed by atoms with Gasteiger partial charge in [0.25, 0.3) is 0 Å².